The maximum Gasteiger partial charge on any atom is 0.338 e. The fourth-order valence-electron chi connectivity index (χ4n) is 5.81. The summed E-state index contributed by atoms with van der Waals surface area (Å²) in [6.45, 7) is -1.59. The summed E-state index contributed by atoms with van der Waals surface area (Å²) in [5.74, 6) is -3.71. The van der Waals surface area contributed by atoms with Crippen LogP contribution in [-0.4, -0.2) is 98.9 Å². The number of rotatable bonds is 16. The first-order valence-electron chi connectivity index (χ1n) is 18.0. The van der Waals surface area contributed by atoms with Crippen LogP contribution in [0.5, 0.6) is 0 Å². The van der Waals surface area contributed by atoms with Gasteiger partial charge in [-0.25, -0.2) is 28.8 Å². The van der Waals surface area contributed by atoms with Gasteiger partial charge in [0.1, 0.15) is 39.6 Å². The third-order valence-corrected chi connectivity index (χ3v) is 8.68. The molecule has 0 aliphatic carbocycles. The van der Waals surface area contributed by atoms with Crippen molar-refractivity contribution >= 4 is 68.1 Å². The van der Waals surface area contributed by atoms with E-state index in [1.165, 1.54) is 12.1 Å². The van der Waals surface area contributed by atoms with Crippen LogP contribution in [0.3, 0.4) is 0 Å². The quantitative estimate of drug-likeness (QED) is 0.0711. The van der Waals surface area contributed by atoms with Crippen LogP contribution in [0.2, 0.25) is 0 Å². The number of aliphatic hydroxyl groups is 2. The average molecular weight is 789 g/mol. The number of hydrogen-bond acceptors (Lipinski definition) is 14. The van der Waals surface area contributed by atoms with Gasteiger partial charge < -0.3 is 38.6 Å². The molecule has 0 saturated carbocycles. The maximum absolute atomic E-state index is 12.7. The molecule has 0 unspecified atom stereocenters. The zero-order chi connectivity index (χ0) is 41.0. The second kappa shape index (κ2) is 19.1. The van der Waals surface area contributed by atoms with E-state index in [1.54, 1.807) is 97.1 Å². The van der Waals surface area contributed by atoms with Crippen LogP contribution in [0, 0.1) is 0 Å². The van der Waals surface area contributed by atoms with Gasteiger partial charge in [0.2, 0.25) is 0 Å². The van der Waals surface area contributed by atoms with Crippen LogP contribution >= 0.6 is 0 Å². The molecule has 0 saturated heterocycles. The van der Waals surface area contributed by atoms with Gasteiger partial charge in [0.05, 0.1) is 46.6 Å². The van der Waals surface area contributed by atoms with E-state index in [1.807, 2.05) is 0 Å². The molecule has 0 aliphatic rings. The van der Waals surface area contributed by atoms with E-state index in [0.29, 0.717) is 32.5 Å². The zero-order valence-corrected chi connectivity index (χ0v) is 30.8. The molecule has 58 heavy (non-hydrogen) atoms. The predicted octanol–water partition coefficient (Wildman–Crippen LogP) is 5.47. The number of ether oxygens (including phenoxy) is 6. The van der Waals surface area contributed by atoms with E-state index in [-0.39, 0.29) is 80.7 Å². The van der Waals surface area contributed by atoms with E-state index >= 15 is 0 Å². The first-order chi connectivity index (χ1) is 28.1. The minimum atomic E-state index is -0.646. The molecule has 0 amide bonds. The number of carbonyl (C=O) groups excluding carboxylic acids is 6. The lowest BCUT2D eigenvalue weighted by atomic mass is 10.0. The first-order valence-corrected chi connectivity index (χ1v) is 18.0. The number of esters is 6. The van der Waals surface area contributed by atoms with Gasteiger partial charge in [0.25, 0.3) is 0 Å². The van der Waals surface area contributed by atoms with Gasteiger partial charge in [0, 0.05) is 0 Å². The Morgan fingerprint density at radius 2 is 0.500 bits per heavy atom. The van der Waals surface area contributed by atoms with Crippen molar-refractivity contribution in [3.63, 3.8) is 0 Å². The van der Waals surface area contributed by atoms with Gasteiger partial charge in [0.15, 0.2) is 0 Å². The highest BCUT2D eigenvalue weighted by molar-refractivity contribution is 6.01. The SMILES string of the molecule is O=C(OCCO)c1ccc2cc(C(=O)OCCOC(=O)c3ccc4cc(C(=O)OCCOC(=O)c5ccc6ccc(C(=O)OCCO)cc6c5)ccc4c3)ccc2c1. The molecule has 6 aromatic rings. The summed E-state index contributed by atoms with van der Waals surface area (Å²) in [6.07, 6.45) is 0. The lowest BCUT2D eigenvalue weighted by molar-refractivity contribution is 0.0265. The number of aliphatic hydroxyl groups excluding tert-OH is 2. The average Bonchev–Trinajstić information content (AvgIpc) is 3.25. The van der Waals surface area contributed by atoms with Gasteiger partial charge in [-0.05, 0) is 105 Å². The van der Waals surface area contributed by atoms with Gasteiger partial charge in [-0.2, -0.15) is 0 Å². The Hall–Kier alpha value is -7.16. The highest BCUT2D eigenvalue weighted by Crippen LogP contribution is 2.22. The molecule has 0 spiro atoms. The molecule has 0 radical (unpaired) electrons. The van der Waals surface area contributed by atoms with E-state index in [0.717, 1.165) is 5.39 Å². The molecular formula is C44H36O14. The topological polar surface area (TPSA) is 198 Å². The summed E-state index contributed by atoms with van der Waals surface area (Å²) in [5.41, 5.74) is 1.57. The van der Waals surface area contributed by atoms with Crippen LogP contribution < -0.4 is 0 Å². The minimum absolute atomic E-state index is 0.108. The Bertz CT molecular complexity index is 2520. The van der Waals surface area contributed by atoms with Crippen LogP contribution in [0.15, 0.2) is 109 Å². The molecule has 6 aromatic carbocycles. The van der Waals surface area contributed by atoms with Crippen LogP contribution in [0.4, 0.5) is 0 Å². The third kappa shape index (κ3) is 10.2. The number of carbonyl (C=O) groups is 6. The van der Waals surface area contributed by atoms with Crippen molar-refractivity contribution in [2.45, 2.75) is 0 Å². The Morgan fingerprint density at radius 1 is 0.293 bits per heavy atom. The second-order valence-corrected chi connectivity index (χ2v) is 12.6. The van der Waals surface area contributed by atoms with Crippen molar-refractivity contribution in [3.05, 3.63) is 143 Å². The van der Waals surface area contributed by atoms with Crippen molar-refractivity contribution in [1.29, 1.82) is 0 Å². The number of hydrogen-bond donors (Lipinski definition) is 2. The monoisotopic (exact) mass is 788 g/mol. The van der Waals surface area contributed by atoms with Crippen molar-refractivity contribution in [1.82, 2.24) is 0 Å². The summed E-state index contributed by atoms with van der Waals surface area (Å²) in [6, 6.07) is 29.0. The lowest BCUT2D eigenvalue weighted by Gasteiger charge is -2.09. The highest BCUT2D eigenvalue weighted by Gasteiger charge is 2.16. The predicted molar refractivity (Wildman–Crippen MR) is 208 cm³/mol. The van der Waals surface area contributed by atoms with Crippen molar-refractivity contribution < 1.29 is 67.4 Å². The minimum Gasteiger partial charge on any atom is -0.460 e. The largest absolute Gasteiger partial charge is 0.460 e. The van der Waals surface area contributed by atoms with E-state index < -0.39 is 35.8 Å². The zero-order valence-electron chi connectivity index (χ0n) is 30.8. The van der Waals surface area contributed by atoms with E-state index in [4.69, 9.17) is 38.6 Å². The molecule has 14 heteroatoms. The molecule has 296 valence electrons. The molecule has 0 bridgehead atoms. The van der Waals surface area contributed by atoms with Crippen molar-refractivity contribution in [3.8, 4) is 0 Å². The van der Waals surface area contributed by atoms with Gasteiger partial charge >= 0.3 is 35.8 Å². The van der Waals surface area contributed by atoms with Gasteiger partial charge in [-0.3, -0.25) is 0 Å². The van der Waals surface area contributed by atoms with Crippen LogP contribution in [-0.2, 0) is 28.4 Å². The summed E-state index contributed by atoms with van der Waals surface area (Å²) in [5, 5.41) is 21.8. The molecule has 0 fully saturated rings. The van der Waals surface area contributed by atoms with Crippen molar-refractivity contribution in [2.24, 2.45) is 0 Å². The highest BCUT2D eigenvalue weighted by atomic mass is 16.6. The smallest absolute Gasteiger partial charge is 0.338 e. The molecule has 2 N–H and O–H groups in total. The normalized spacial score (nSPS) is 10.9. The molecule has 0 heterocycles. The summed E-state index contributed by atoms with van der Waals surface area (Å²) >= 11 is 0. The number of benzene rings is 6. The molecular weight excluding hydrogens is 752 g/mol. The summed E-state index contributed by atoms with van der Waals surface area (Å²) < 4.78 is 31.0. The Morgan fingerprint density at radius 3 is 0.741 bits per heavy atom. The first kappa shape index (κ1) is 40.5. The molecule has 14 nitrogen and oxygen atoms in total. The molecule has 6 rings (SSSR count). The molecule has 0 aliphatic heterocycles. The van der Waals surface area contributed by atoms with Gasteiger partial charge in [-0.1, -0.05) is 36.4 Å². The summed E-state index contributed by atoms with van der Waals surface area (Å²) in [4.78, 5) is 75.0. The van der Waals surface area contributed by atoms with Crippen molar-refractivity contribution in [2.75, 3.05) is 52.9 Å². The number of fused-ring (bicyclic) bond motifs is 3. The fraction of sp³-hybridized carbons (Fsp3) is 0.182. The Kier molecular flexibility index (Phi) is 13.4. The van der Waals surface area contributed by atoms with E-state index in [9.17, 15) is 28.8 Å². The molecule has 0 aromatic heterocycles. The lowest BCUT2D eigenvalue weighted by Crippen LogP contribution is -2.14. The Labute approximate surface area is 330 Å². The third-order valence-electron chi connectivity index (χ3n) is 8.68. The van der Waals surface area contributed by atoms with Crippen LogP contribution in [0.1, 0.15) is 62.1 Å². The van der Waals surface area contributed by atoms with Crippen LogP contribution in [0.25, 0.3) is 32.3 Å². The second-order valence-electron chi connectivity index (χ2n) is 12.6. The maximum atomic E-state index is 12.7. The summed E-state index contributed by atoms with van der Waals surface area (Å²) in [7, 11) is 0. The standard InChI is InChI=1S/C44H36O14/c45-13-15-53-39(47)32-9-3-29-22-33(10-4-28(29)21-32)41(49)55-17-18-56-42(50)34-11-5-31-24-35(12-6-30(31)23-34)43(51)57-19-20-58-44(52)37-8-2-27-1-7-36(25-38(27)26-37)40(48)54-16-14-46/h1-12,21-26,45-46H,13-20H2. The van der Waals surface area contributed by atoms with E-state index in [2.05, 4.69) is 0 Å². The van der Waals surface area contributed by atoms with Gasteiger partial charge in [-0.15, -0.1) is 0 Å². The fourth-order valence-corrected chi connectivity index (χ4v) is 5.81. The molecule has 0 atom stereocenters. The Balaban J connectivity index is 0.939.